The smallest absolute Gasteiger partial charge is 0.264 e. The summed E-state index contributed by atoms with van der Waals surface area (Å²) in [5, 5.41) is 0. The quantitative estimate of drug-likeness (QED) is 0.879. The van der Waals surface area contributed by atoms with Crippen molar-refractivity contribution >= 4 is 15.7 Å². The van der Waals surface area contributed by atoms with E-state index in [1.807, 2.05) is 38.1 Å². The molecule has 0 aliphatic carbocycles. The summed E-state index contributed by atoms with van der Waals surface area (Å²) >= 11 is 0. The number of benzene rings is 2. The summed E-state index contributed by atoms with van der Waals surface area (Å²) in [5.74, 6) is 0.278. The van der Waals surface area contributed by atoms with Crippen LogP contribution in [0.25, 0.3) is 0 Å². The average molecular weight is 372 g/mol. The van der Waals surface area contributed by atoms with Crippen LogP contribution < -0.4 is 9.21 Å². The van der Waals surface area contributed by atoms with E-state index in [4.69, 9.17) is 0 Å². The number of sulfonamides is 1. The third-order valence-corrected chi connectivity index (χ3v) is 7.89. The van der Waals surface area contributed by atoms with Crippen LogP contribution in [0, 0.1) is 20.8 Å². The minimum atomic E-state index is -3.57. The Bertz CT molecular complexity index is 968. The van der Waals surface area contributed by atoms with Gasteiger partial charge < -0.3 is 4.90 Å². The SMILES string of the molecule is Cc1ccc2c(c1)[C@H]1C[NH+](C)CC[C@@H]1N2S(=O)(=O)c1ccc(C)c(C)c1. The van der Waals surface area contributed by atoms with Gasteiger partial charge in [0, 0.05) is 6.42 Å². The molecule has 26 heavy (non-hydrogen) atoms. The van der Waals surface area contributed by atoms with Crippen molar-refractivity contribution in [3.63, 3.8) is 0 Å². The van der Waals surface area contributed by atoms with Crippen LogP contribution in [0.4, 0.5) is 5.69 Å². The molecule has 2 aliphatic rings. The minimum absolute atomic E-state index is 0.0297. The molecule has 1 fully saturated rings. The van der Waals surface area contributed by atoms with Crippen LogP contribution in [0.1, 0.15) is 34.6 Å². The summed E-state index contributed by atoms with van der Waals surface area (Å²) in [4.78, 5) is 1.88. The van der Waals surface area contributed by atoms with Gasteiger partial charge in [0.1, 0.15) is 0 Å². The van der Waals surface area contributed by atoms with Crippen LogP contribution in [-0.4, -0.2) is 34.6 Å². The maximum absolute atomic E-state index is 13.6. The average Bonchev–Trinajstić information content (AvgIpc) is 2.91. The Labute approximate surface area is 156 Å². The first-order valence-corrected chi connectivity index (χ1v) is 10.8. The molecule has 1 N–H and O–H groups in total. The van der Waals surface area contributed by atoms with Crippen molar-refractivity contribution in [3.05, 3.63) is 58.7 Å². The Balaban J connectivity index is 1.86. The van der Waals surface area contributed by atoms with E-state index in [2.05, 4.69) is 20.0 Å². The van der Waals surface area contributed by atoms with Crippen LogP contribution in [0.5, 0.6) is 0 Å². The molecule has 1 unspecified atom stereocenters. The summed E-state index contributed by atoms with van der Waals surface area (Å²) in [5.41, 5.74) is 5.39. The third-order valence-electron chi connectivity index (χ3n) is 6.06. The second-order valence-electron chi connectivity index (χ2n) is 7.98. The van der Waals surface area contributed by atoms with Crippen molar-refractivity contribution in [3.8, 4) is 0 Å². The van der Waals surface area contributed by atoms with Crippen LogP contribution >= 0.6 is 0 Å². The third kappa shape index (κ3) is 2.65. The Morgan fingerprint density at radius 2 is 1.81 bits per heavy atom. The summed E-state index contributed by atoms with van der Waals surface area (Å²) < 4.78 is 28.9. The Hall–Kier alpha value is -1.85. The minimum Gasteiger partial charge on any atom is -0.337 e. The van der Waals surface area contributed by atoms with Crippen LogP contribution in [-0.2, 0) is 10.0 Å². The van der Waals surface area contributed by atoms with Crippen LogP contribution in [0.3, 0.4) is 0 Å². The molecule has 0 aromatic heterocycles. The second-order valence-corrected chi connectivity index (χ2v) is 9.80. The van der Waals surface area contributed by atoms with Crippen molar-refractivity contribution in [2.24, 2.45) is 0 Å². The summed E-state index contributed by atoms with van der Waals surface area (Å²) in [6, 6.07) is 11.7. The molecule has 5 heteroatoms. The standard InChI is InChI=1S/C21H26N2O2S/c1-14-5-8-20-18(11-14)19-13-22(4)10-9-21(19)23(20)26(24,25)17-7-6-15(2)16(3)12-17/h5-8,11-12,19,21H,9-10,13H2,1-4H3/p+1/t19-,21+/m1/s1. The molecule has 0 spiro atoms. The number of rotatable bonds is 2. The van der Waals surface area contributed by atoms with E-state index in [9.17, 15) is 8.42 Å². The molecule has 138 valence electrons. The van der Waals surface area contributed by atoms with Gasteiger partial charge in [-0.1, -0.05) is 23.8 Å². The highest BCUT2D eigenvalue weighted by Gasteiger charge is 2.48. The Morgan fingerprint density at radius 3 is 2.54 bits per heavy atom. The van der Waals surface area contributed by atoms with Gasteiger partial charge in [0.2, 0.25) is 0 Å². The Kier molecular flexibility index (Phi) is 4.12. The number of likely N-dealkylation sites (tertiary alicyclic amines) is 1. The second kappa shape index (κ2) is 6.10. The molecule has 0 radical (unpaired) electrons. The topological polar surface area (TPSA) is 41.8 Å². The van der Waals surface area contributed by atoms with Gasteiger partial charge in [0.05, 0.1) is 42.7 Å². The summed E-state index contributed by atoms with van der Waals surface area (Å²) in [6.07, 6.45) is 0.897. The molecule has 2 aromatic carbocycles. The molecule has 2 heterocycles. The largest absolute Gasteiger partial charge is 0.337 e. The number of likely N-dealkylation sites (N-methyl/N-ethyl adjacent to an activating group) is 1. The number of hydrogen-bond donors (Lipinski definition) is 1. The van der Waals surface area contributed by atoms with Crippen molar-refractivity contribution in [2.75, 3.05) is 24.4 Å². The highest BCUT2D eigenvalue weighted by Crippen LogP contribution is 2.45. The number of piperidine rings is 1. The maximum Gasteiger partial charge on any atom is 0.264 e. The predicted octanol–water partition coefficient (Wildman–Crippen LogP) is 2.19. The van der Waals surface area contributed by atoms with Gasteiger partial charge in [-0.2, -0.15) is 0 Å². The lowest BCUT2D eigenvalue weighted by Crippen LogP contribution is -3.11. The fraction of sp³-hybridized carbons (Fsp3) is 0.429. The number of fused-ring (bicyclic) bond motifs is 3. The lowest BCUT2D eigenvalue weighted by atomic mass is 9.89. The van der Waals surface area contributed by atoms with E-state index in [1.165, 1.54) is 16.0 Å². The molecule has 0 saturated carbocycles. The van der Waals surface area contributed by atoms with Crippen molar-refractivity contribution in [2.45, 2.75) is 44.0 Å². The van der Waals surface area contributed by atoms with Gasteiger partial charge in [-0.05, 0) is 55.7 Å². The van der Waals surface area contributed by atoms with Gasteiger partial charge >= 0.3 is 0 Å². The van der Waals surface area contributed by atoms with Gasteiger partial charge in [0.25, 0.3) is 10.0 Å². The van der Waals surface area contributed by atoms with E-state index < -0.39 is 10.0 Å². The number of hydrogen-bond acceptors (Lipinski definition) is 2. The lowest BCUT2D eigenvalue weighted by molar-refractivity contribution is -0.886. The first kappa shape index (κ1) is 17.6. The normalized spacial score (nSPS) is 25.1. The molecule has 0 amide bonds. The molecule has 4 nitrogen and oxygen atoms in total. The van der Waals surface area contributed by atoms with E-state index in [1.54, 1.807) is 10.4 Å². The summed E-state index contributed by atoms with van der Waals surface area (Å²) in [7, 11) is -1.37. The van der Waals surface area contributed by atoms with Crippen molar-refractivity contribution in [1.82, 2.24) is 0 Å². The fourth-order valence-electron chi connectivity index (χ4n) is 4.45. The summed E-state index contributed by atoms with van der Waals surface area (Å²) in [6.45, 7) is 8.05. The monoisotopic (exact) mass is 371 g/mol. The van der Waals surface area contributed by atoms with Crippen molar-refractivity contribution in [1.29, 1.82) is 0 Å². The first-order chi connectivity index (χ1) is 12.3. The molecule has 4 rings (SSSR count). The molecule has 2 aliphatic heterocycles. The van der Waals surface area contributed by atoms with E-state index in [-0.39, 0.29) is 12.0 Å². The van der Waals surface area contributed by atoms with E-state index in [0.29, 0.717) is 4.90 Å². The molecule has 0 bridgehead atoms. The fourth-order valence-corrected chi connectivity index (χ4v) is 6.28. The van der Waals surface area contributed by atoms with Crippen LogP contribution in [0.2, 0.25) is 0 Å². The number of nitrogens with zero attached hydrogens (tertiary/aromatic N) is 1. The van der Waals surface area contributed by atoms with Crippen molar-refractivity contribution < 1.29 is 13.3 Å². The number of aryl methyl sites for hydroxylation is 3. The maximum atomic E-state index is 13.6. The van der Waals surface area contributed by atoms with Gasteiger partial charge in [-0.25, -0.2) is 8.42 Å². The molecular weight excluding hydrogens is 344 g/mol. The molecular formula is C21H27N2O2S+. The van der Waals surface area contributed by atoms with Gasteiger partial charge in [0.15, 0.2) is 0 Å². The van der Waals surface area contributed by atoms with Gasteiger partial charge in [-0.15, -0.1) is 0 Å². The number of anilines is 1. The highest BCUT2D eigenvalue weighted by molar-refractivity contribution is 7.92. The zero-order chi connectivity index (χ0) is 18.6. The molecule has 1 saturated heterocycles. The van der Waals surface area contributed by atoms with Gasteiger partial charge in [-0.3, -0.25) is 4.31 Å². The first-order valence-electron chi connectivity index (χ1n) is 9.32. The molecule has 2 aromatic rings. The zero-order valence-corrected chi connectivity index (χ0v) is 16.7. The van der Waals surface area contributed by atoms with E-state index >= 15 is 0 Å². The Morgan fingerprint density at radius 1 is 1.04 bits per heavy atom. The number of quaternary nitrogens is 1. The predicted molar refractivity (Wildman–Crippen MR) is 105 cm³/mol. The zero-order valence-electron chi connectivity index (χ0n) is 15.9. The molecule has 3 atom stereocenters. The number of nitrogens with one attached hydrogen (secondary N) is 1. The van der Waals surface area contributed by atoms with Crippen LogP contribution in [0.15, 0.2) is 41.3 Å². The highest BCUT2D eigenvalue weighted by atomic mass is 32.2. The van der Waals surface area contributed by atoms with E-state index in [0.717, 1.165) is 36.3 Å². The lowest BCUT2D eigenvalue weighted by Gasteiger charge is -2.34.